The highest BCUT2D eigenvalue weighted by Crippen LogP contribution is 2.74. The third-order valence-corrected chi connectivity index (χ3v) is 7.83. The Morgan fingerprint density at radius 3 is 2.17 bits per heavy atom. The van der Waals surface area contributed by atoms with E-state index in [2.05, 4.69) is 11.9 Å². The molecule has 1 aliphatic rings. The second-order valence-electron chi connectivity index (χ2n) is 8.17. The molecule has 0 heterocycles. The zero-order valence-electron chi connectivity index (χ0n) is 18.0. The van der Waals surface area contributed by atoms with E-state index in [1.54, 1.807) is 12.1 Å². The highest BCUT2D eigenvalue weighted by molar-refractivity contribution is 6.55. The van der Waals surface area contributed by atoms with Crippen molar-refractivity contribution in [1.29, 1.82) is 0 Å². The molecule has 0 aliphatic heterocycles. The molecule has 0 radical (unpaired) electrons. The highest BCUT2D eigenvalue weighted by Gasteiger charge is 2.80. The standard InChI is InChI=1S/C25H15Cl5F2N2O2/c1-11(31)17-10-16(32)3-5-20(17)34-22(35)18-8-13(2-4-19(18)28)24(23(33)36)21(25(24,29)30)12-6-14(26)9-15(27)7-12/h2-10,21H,1H2,(H2,33,36)(H,34,35). The summed E-state index contributed by atoms with van der Waals surface area (Å²) in [5.74, 6) is -4.14. The van der Waals surface area contributed by atoms with Crippen molar-refractivity contribution < 1.29 is 18.4 Å². The number of rotatable bonds is 6. The summed E-state index contributed by atoms with van der Waals surface area (Å²) in [4.78, 5) is 25.9. The Hall–Kier alpha value is -2.35. The molecule has 3 aromatic rings. The van der Waals surface area contributed by atoms with E-state index >= 15 is 0 Å². The van der Waals surface area contributed by atoms with Crippen molar-refractivity contribution in [2.75, 3.05) is 5.32 Å². The molecule has 2 unspecified atom stereocenters. The van der Waals surface area contributed by atoms with Gasteiger partial charge >= 0.3 is 0 Å². The summed E-state index contributed by atoms with van der Waals surface area (Å²) >= 11 is 31.8. The lowest BCUT2D eigenvalue weighted by Crippen LogP contribution is -2.34. The second-order valence-corrected chi connectivity index (χ2v) is 10.8. The van der Waals surface area contributed by atoms with Gasteiger partial charge in [0, 0.05) is 21.5 Å². The Balaban J connectivity index is 1.78. The zero-order valence-corrected chi connectivity index (χ0v) is 21.8. The first kappa shape index (κ1) is 26.7. The molecule has 1 aliphatic carbocycles. The van der Waals surface area contributed by atoms with Gasteiger partial charge in [0.2, 0.25) is 5.91 Å². The van der Waals surface area contributed by atoms with Crippen LogP contribution in [-0.2, 0) is 10.2 Å². The van der Waals surface area contributed by atoms with Gasteiger partial charge in [0.25, 0.3) is 5.91 Å². The van der Waals surface area contributed by atoms with Crippen molar-refractivity contribution >= 4 is 81.3 Å². The van der Waals surface area contributed by atoms with Crippen LogP contribution < -0.4 is 11.1 Å². The average molecular weight is 591 g/mol. The van der Waals surface area contributed by atoms with Crippen LogP contribution in [0.1, 0.15) is 33.0 Å². The summed E-state index contributed by atoms with van der Waals surface area (Å²) in [5, 5.41) is 3.08. The normalized spacial score (nSPS) is 20.0. The molecule has 186 valence electrons. The maximum Gasteiger partial charge on any atom is 0.257 e. The predicted molar refractivity (Wildman–Crippen MR) is 140 cm³/mol. The molecule has 2 atom stereocenters. The van der Waals surface area contributed by atoms with Crippen LogP contribution in [0.2, 0.25) is 15.1 Å². The molecule has 36 heavy (non-hydrogen) atoms. The minimum atomic E-state index is -1.70. The van der Waals surface area contributed by atoms with Gasteiger partial charge in [0.15, 0.2) is 0 Å². The Morgan fingerprint density at radius 1 is 0.944 bits per heavy atom. The fourth-order valence-corrected chi connectivity index (χ4v) is 6.24. The topological polar surface area (TPSA) is 72.2 Å². The van der Waals surface area contributed by atoms with Crippen LogP contribution in [0.5, 0.6) is 0 Å². The van der Waals surface area contributed by atoms with E-state index < -0.39 is 39.1 Å². The van der Waals surface area contributed by atoms with Crippen molar-refractivity contribution in [1.82, 2.24) is 0 Å². The smallest absolute Gasteiger partial charge is 0.257 e. The molecule has 11 heteroatoms. The predicted octanol–water partition coefficient (Wildman–Crippen LogP) is 7.67. The number of halogens is 7. The van der Waals surface area contributed by atoms with E-state index in [1.165, 1.54) is 30.3 Å². The van der Waals surface area contributed by atoms with Gasteiger partial charge in [-0.25, -0.2) is 8.78 Å². The summed E-state index contributed by atoms with van der Waals surface area (Å²) in [5.41, 5.74) is 4.46. The number of benzene rings is 3. The number of nitrogens with one attached hydrogen (secondary N) is 1. The Kier molecular flexibility index (Phi) is 7.05. The van der Waals surface area contributed by atoms with Gasteiger partial charge in [-0.1, -0.05) is 70.7 Å². The minimum absolute atomic E-state index is 0.0105. The second kappa shape index (κ2) is 9.51. The molecule has 0 bridgehead atoms. The van der Waals surface area contributed by atoms with Crippen LogP contribution in [0.4, 0.5) is 14.5 Å². The third kappa shape index (κ3) is 4.35. The van der Waals surface area contributed by atoms with Crippen LogP contribution in [0, 0.1) is 5.82 Å². The number of amides is 2. The summed E-state index contributed by atoms with van der Waals surface area (Å²) in [6.07, 6.45) is 0. The van der Waals surface area contributed by atoms with E-state index in [4.69, 9.17) is 63.7 Å². The molecule has 4 nitrogen and oxygen atoms in total. The Morgan fingerprint density at radius 2 is 1.58 bits per heavy atom. The van der Waals surface area contributed by atoms with Crippen LogP contribution >= 0.6 is 58.0 Å². The number of nitrogens with two attached hydrogens (primary N) is 1. The fourth-order valence-electron chi connectivity index (χ4n) is 4.40. The molecule has 0 aromatic heterocycles. The quantitative estimate of drug-likeness (QED) is 0.289. The average Bonchev–Trinajstić information content (AvgIpc) is 3.31. The van der Waals surface area contributed by atoms with E-state index in [9.17, 15) is 18.4 Å². The van der Waals surface area contributed by atoms with E-state index in [1.807, 2.05) is 0 Å². The van der Waals surface area contributed by atoms with Crippen LogP contribution in [0.15, 0.2) is 61.2 Å². The van der Waals surface area contributed by atoms with E-state index in [0.29, 0.717) is 15.6 Å². The molecule has 4 rings (SSSR count). The van der Waals surface area contributed by atoms with Crippen molar-refractivity contribution in [3.63, 3.8) is 0 Å². The molecular formula is C25H15Cl5F2N2O2. The van der Waals surface area contributed by atoms with Gasteiger partial charge < -0.3 is 11.1 Å². The zero-order chi connectivity index (χ0) is 26.6. The van der Waals surface area contributed by atoms with Crippen molar-refractivity contribution in [2.45, 2.75) is 15.7 Å². The van der Waals surface area contributed by atoms with Crippen LogP contribution in [0.25, 0.3) is 5.83 Å². The molecule has 0 saturated heterocycles. The molecule has 3 N–H and O–H groups in total. The van der Waals surface area contributed by atoms with Crippen LogP contribution in [-0.4, -0.2) is 16.1 Å². The lowest BCUT2D eigenvalue weighted by molar-refractivity contribution is -0.120. The van der Waals surface area contributed by atoms with Crippen molar-refractivity contribution in [2.24, 2.45) is 5.73 Å². The maximum atomic E-state index is 13.8. The molecule has 3 aromatic carbocycles. The summed E-state index contributed by atoms with van der Waals surface area (Å²) < 4.78 is 25.7. The first-order valence-corrected chi connectivity index (χ1v) is 12.1. The number of anilines is 1. The fraction of sp³-hybridized carbons (Fsp3) is 0.120. The van der Waals surface area contributed by atoms with Gasteiger partial charge in [-0.05, 0) is 59.7 Å². The molecule has 1 fully saturated rings. The number of alkyl halides is 2. The summed E-state index contributed by atoms with van der Waals surface area (Å²) in [6, 6.07) is 11.9. The van der Waals surface area contributed by atoms with Gasteiger partial charge in [-0.2, -0.15) is 0 Å². The van der Waals surface area contributed by atoms with Gasteiger partial charge in [0.1, 0.15) is 21.4 Å². The van der Waals surface area contributed by atoms with E-state index in [0.717, 1.165) is 12.1 Å². The first-order chi connectivity index (χ1) is 16.8. The Bertz CT molecular complexity index is 1430. The van der Waals surface area contributed by atoms with E-state index in [-0.39, 0.29) is 27.4 Å². The maximum absolute atomic E-state index is 13.8. The number of carbonyl (C=O) groups is 2. The number of hydrogen-bond acceptors (Lipinski definition) is 2. The number of carbonyl (C=O) groups excluding carboxylic acids is 2. The number of primary amides is 1. The SMILES string of the molecule is C=C(F)c1cc(F)ccc1NC(=O)c1cc(C2(C(N)=O)C(c3cc(Cl)cc(Cl)c3)C2(Cl)Cl)ccc1Cl. The third-order valence-electron chi connectivity index (χ3n) is 6.03. The minimum Gasteiger partial charge on any atom is -0.369 e. The summed E-state index contributed by atoms with van der Waals surface area (Å²) in [6.45, 7) is 3.15. The molecule has 0 spiro atoms. The van der Waals surface area contributed by atoms with Crippen molar-refractivity contribution in [3.05, 3.63) is 104 Å². The Labute approximate surface area is 229 Å². The first-order valence-electron chi connectivity index (χ1n) is 10.2. The number of hydrogen-bond donors (Lipinski definition) is 2. The molecule has 2 amide bonds. The van der Waals surface area contributed by atoms with Crippen LogP contribution in [0.3, 0.4) is 0 Å². The highest BCUT2D eigenvalue weighted by atomic mass is 35.5. The summed E-state index contributed by atoms with van der Waals surface area (Å²) in [7, 11) is 0. The van der Waals surface area contributed by atoms with Gasteiger partial charge in [0.05, 0.1) is 16.3 Å². The molecule has 1 saturated carbocycles. The lowest BCUT2D eigenvalue weighted by atomic mass is 9.88. The molecular weight excluding hydrogens is 576 g/mol. The van der Waals surface area contributed by atoms with Crippen molar-refractivity contribution in [3.8, 4) is 0 Å². The van der Waals surface area contributed by atoms with Gasteiger partial charge in [-0.3, -0.25) is 9.59 Å². The largest absolute Gasteiger partial charge is 0.369 e. The lowest BCUT2D eigenvalue weighted by Gasteiger charge is -2.18. The van der Waals surface area contributed by atoms with Gasteiger partial charge in [-0.15, -0.1) is 0 Å². The monoisotopic (exact) mass is 588 g/mol.